The third kappa shape index (κ3) is 6.39. The van der Waals surface area contributed by atoms with Gasteiger partial charge in [0.15, 0.2) is 0 Å². The number of hydrogen-bond donors (Lipinski definition) is 0. The Hall–Kier alpha value is -0.570. The van der Waals surface area contributed by atoms with Crippen molar-refractivity contribution < 1.29 is 4.84 Å². The summed E-state index contributed by atoms with van der Waals surface area (Å²) in [6.45, 7) is 2.21. The molecule has 0 saturated heterocycles. The van der Waals surface area contributed by atoms with Crippen LogP contribution in [0, 0.1) is 0 Å². The van der Waals surface area contributed by atoms with Crippen molar-refractivity contribution in [2.45, 2.75) is 45.1 Å². The Morgan fingerprint density at radius 2 is 1.83 bits per heavy atom. The van der Waals surface area contributed by atoms with Gasteiger partial charge in [-0.3, -0.25) is 4.84 Å². The fraction of sp³-hybridized carbons (Fsp3) is 0.600. The van der Waals surface area contributed by atoms with Gasteiger partial charge in [-0.05, 0) is 37.0 Å². The lowest BCUT2D eigenvalue weighted by molar-refractivity contribution is -0.168. The summed E-state index contributed by atoms with van der Waals surface area (Å²) in [6.07, 6.45) is 5.98. The molecule has 1 aromatic rings. The number of halogens is 1. The third-order valence-corrected chi connectivity index (χ3v) is 3.16. The molecule has 0 aliphatic heterocycles. The van der Waals surface area contributed by atoms with Crippen LogP contribution in [0.1, 0.15) is 38.2 Å². The molecule has 1 aromatic carbocycles. The molecule has 0 N–H and O–H groups in total. The summed E-state index contributed by atoms with van der Waals surface area (Å²) < 4.78 is 0. The summed E-state index contributed by atoms with van der Waals surface area (Å²) in [4.78, 5) is 5.81. The van der Waals surface area contributed by atoms with Gasteiger partial charge >= 0.3 is 0 Å². The zero-order valence-corrected chi connectivity index (χ0v) is 12.4. The van der Waals surface area contributed by atoms with E-state index in [4.69, 9.17) is 16.4 Å². The highest BCUT2D eigenvalue weighted by atomic mass is 35.5. The van der Waals surface area contributed by atoms with E-state index in [0.717, 1.165) is 24.3 Å². The first kappa shape index (κ1) is 15.5. The van der Waals surface area contributed by atoms with Gasteiger partial charge in [0.2, 0.25) is 0 Å². The van der Waals surface area contributed by atoms with E-state index < -0.39 is 0 Å². The molecule has 0 aliphatic carbocycles. The summed E-state index contributed by atoms with van der Waals surface area (Å²) in [5.41, 5.74) is 1.32. The summed E-state index contributed by atoms with van der Waals surface area (Å²) in [7, 11) is 3.89. The predicted octanol–water partition coefficient (Wildman–Crippen LogP) is 4.32. The van der Waals surface area contributed by atoms with Crippen molar-refractivity contribution in [3.05, 3.63) is 34.9 Å². The zero-order chi connectivity index (χ0) is 13.4. The maximum atomic E-state index is 5.88. The van der Waals surface area contributed by atoms with Crippen LogP contribution in [0.15, 0.2) is 24.3 Å². The van der Waals surface area contributed by atoms with Crippen molar-refractivity contribution in [2.75, 3.05) is 14.1 Å². The van der Waals surface area contributed by atoms with Crippen LogP contribution in [-0.4, -0.2) is 25.3 Å². The van der Waals surface area contributed by atoms with Crippen molar-refractivity contribution in [3.8, 4) is 0 Å². The quantitative estimate of drug-likeness (QED) is 0.652. The topological polar surface area (TPSA) is 12.5 Å². The molecule has 0 radical (unpaired) electrons. The van der Waals surface area contributed by atoms with Crippen LogP contribution in [0.3, 0.4) is 0 Å². The second kappa shape index (κ2) is 8.52. The number of rotatable bonds is 8. The highest BCUT2D eigenvalue weighted by molar-refractivity contribution is 6.30. The molecule has 18 heavy (non-hydrogen) atoms. The Morgan fingerprint density at radius 1 is 1.17 bits per heavy atom. The van der Waals surface area contributed by atoms with E-state index in [0.29, 0.717) is 6.10 Å². The molecule has 0 aromatic heterocycles. The van der Waals surface area contributed by atoms with E-state index in [1.165, 1.54) is 18.4 Å². The lowest BCUT2D eigenvalue weighted by Crippen LogP contribution is -2.23. The number of hydrogen-bond acceptors (Lipinski definition) is 2. The van der Waals surface area contributed by atoms with Gasteiger partial charge in [-0.25, -0.2) is 0 Å². The Bertz CT molecular complexity index is 324. The normalized spacial score (nSPS) is 12.9. The van der Waals surface area contributed by atoms with Gasteiger partial charge in [0.05, 0.1) is 6.10 Å². The van der Waals surface area contributed by atoms with Gasteiger partial charge in [0, 0.05) is 19.1 Å². The molecule has 0 spiro atoms. The number of nitrogens with zero attached hydrogens (tertiary/aromatic N) is 1. The molecular formula is C15H24ClNO. The monoisotopic (exact) mass is 269 g/mol. The zero-order valence-electron chi connectivity index (χ0n) is 11.7. The van der Waals surface area contributed by atoms with Crippen LogP contribution in [0.25, 0.3) is 0 Å². The van der Waals surface area contributed by atoms with Gasteiger partial charge in [-0.15, -0.1) is 0 Å². The molecule has 2 nitrogen and oxygen atoms in total. The molecule has 1 unspecified atom stereocenters. The van der Waals surface area contributed by atoms with E-state index >= 15 is 0 Å². The predicted molar refractivity (Wildman–Crippen MR) is 77.9 cm³/mol. The van der Waals surface area contributed by atoms with Gasteiger partial charge in [0.25, 0.3) is 0 Å². The van der Waals surface area contributed by atoms with E-state index in [1.54, 1.807) is 0 Å². The van der Waals surface area contributed by atoms with E-state index in [1.807, 2.05) is 31.3 Å². The van der Waals surface area contributed by atoms with Crippen molar-refractivity contribution in [3.63, 3.8) is 0 Å². The minimum atomic E-state index is 0.315. The van der Waals surface area contributed by atoms with Crippen molar-refractivity contribution >= 4 is 11.6 Å². The molecule has 0 fully saturated rings. The van der Waals surface area contributed by atoms with Crippen LogP contribution < -0.4 is 0 Å². The number of hydroxylamine groups is 2. The molecular weight excluding hydrogens is 246 g/mol. The second-order valence-electron chi connectivity index (χ2n) is 4.85. The fourth-order valence-electron chi connectivity index (χ4n) is 1.96. The first-order valence-corrected chi connectivity index (χ1v) is 7.08. The first-order chi connectivity index (χ1) is 8.61. The summed E-state index contributed by atoms with van der Waals surface area (Å²) in [6, 6.07) is 8.08. The fourth-order valence-corrected chi connectivity index (χ4v) is 2.08. The standard InChI is InChI=1S/C15H24ClNO/c1-4-5-6-15(18-17(2)3)12-9-13-7-10-14(16)11-8-13/h7-8,10-11,15H,4-6,9,12H2,1-3H3. The van der Waals surface area contributed by atoms with Crippen molar-refractivity contribution in [1.29, 1.82) is 0 Å². The minimum absolute atomic E-state index is 0.315. The van der Waals surface area contributed by atoms with Crippen molar-refractivity contribution in [2.24, 2.45) is 0 Å². The second-order valence-corrected chi connectivity index (χ2v) is 5.28. The average Bonchev–Trinajstić information content (AvgIpc) is 2.34. The molecule has 0 saturated carbocycles. The van der Waals surface area contributed by atoms with Gasteiger partial charge < -0.3 is 0 Å². The molecule has 0 aliphatic rings. The van der Waals surface area contributed by atoms with Crippen molar-refractivity contribution in [1.82, 2.24) is 5.06 Å². The highest BCUT2D eigenvalue weighted by Crippen LogP contribution is 2.15. The van der Waals surface area contributed by atoms with E-state index in [9.17, 15) is 0 Å². The minimum Gasteiger partial charge on any atom is -0.296 e. The molecule has 1 rings (SSSR count). The van der Waals surface area contributed by atoms with Gasteiger partial charge in [-0.1, -0.05) is 43.5 Å². The summed E-state index contributed by atoms with van der Waals surface area (Å²) >= 11 is 5.88. The molecule has 0 heterocycles. The van der Waals surface area contributed by atoms with E-state index in [2.05, 4.69) is 19.1 Å². The Labute approximate surface area is 116 Å². The Balaban J connectivity index is 2.42. The molecule has 1 atom stereocenters. The lowest BCUT2D eigenvalue weighted by Gasteiger charge is -2.21. The smallest absolute Gasteiger partial charge is 0.0796 e. The first-order valence-electron chi connectivity index (χ1n) is 6.70. The number of aryl methyl sites for hydroxylation is 1. The number of benzene rings is 1. The van der Waals surface area contributed by atoms with Crippen LogP contribution in [0.2, 0.25) is 5.02 Å². The molecule has 3 heteroatoms. The SMILES string of the molecule is CCCCC(CCc1ccc(Cl)cc1)ON(C)C. The average molecular weight is 270 g/mol. The summed E-state index contributed by atoms with van der Waals surface area (Å²) in [5.74, 6) is 0. The van der Waals surface area contributed by atoms with Crippen LogP contribution >= 0.6 is 11.6 Å². The Kier molecular flexibility index (Phi) is 7.33. The lowest BCUT2D eigenvalue weighted by atomic mass is 10.0. The van der Waals surface area contributed by atoms with Crippen LogP contribution in [0.5, 0.6) is 0 Å². The van der Waals surface area contributed by atoms with Gasteiger partial charge in [-0.2, -0.15) is 5.06 Å². The van der Waals surface area contributed by atoms with Crippen LogP contribution in [-0.2, 0) is 11.3 Å². The van der Waals surface area contributed by atoms with Gasteiger partial charge in [0.1, 0.15) is 0 Å². The summed E-state index contributed by atoms with van der Waals surface area (Å²) in [5, 5.41) is 2.60. The number of unbranched alkanes of at least 4 members (excludes halogenated alkanes) is 1. The molecule has 0 amide bonds. The Morgan fingerprint density at radius 3 is 2.39 bits per heavy atom. The maximum absolute atomic E-state index is 5.88. The third-order valence-electron chi connectivity index (χ3n) is 2.91. The van der Waals surface area contributed by atoms with Crippen LogP contribution in [0.4, 0.5) is 0 Å². The van der Waals surface area contributed by atoms with E-state index in [-0.39, 0.29) is 0 Å². The largest absolute Gasteiger partial charge is 0.296 e. The molecule has 102 valence electrons. The maximum Gasteiger partial charge on any atom is 0.0796 e. The highest BCUT2D eigenvalue weighted by Gasteiger charge is 2.10. The molecule has 0 bridgehead atoms.